The number of rotatable bonds is 7. The van der Waals surface area contributed by atoms with Crippen molar-refractivity contribution in [1.29, 1.82) is 0 Å². The molecule has 0 saturated heterocycles. The Morgan fingerprint density at radius 3 is 2.61 bits per heavy atom. The van der Waals surface area contributed by atoms with Crippen LogP contribution in [0.25, 0.3) is 0 Å². The van der Waals surface area contributed by atoms with Gasteiger partial charge in [0.05, 0.1) is 0 Å². The lowest BCUT2D eigenvalue weighted by Crippen LogP contribution is -2.16. The van der Waals surface area contributed by atoms with Crippen molar-refractivity contribution < 1.29 is 0 Å². The van der Waals surface area contributed by atoms with Gasteiger partial charge in [-0.05, 0) is 38.0 Å². The number of anilines is 2. The molecule has 0 aromatic carbocycles. The lowest BCUT2D eigenvalue weighted by molar-refractivity contribution is 0.520. The Bertz CT molecular complexity index is 399. The molecule has 1 aliphatic rings. The minimum atomic E-state index is 0.538. The van der Waals surface area contributed by atoms with Gasteiger partial charge in [-0.25, -0.2) is 4.98 Å². The average molecular weight is 248 g/mol. The minimum Gasteiger partial charge on any atom is -0.369 e. The summed E-state index contributed by atoms with van der Waals surface area (Å²) in [7, 11) is 0. The molecular weight excluding hydrogens is 224 g/mol. The zero-order valence-corrected chi connectivity index (χ0v) is 11.7. The second kappa shape index (κ2) is 5.55. The highest BCUT2D eigenvalue weighted by atomic mass is 15.1. The molecule has 1 heterocycles. The summed E-state index contributed by atoms with van der Waals surface area (Å²) in [5.41, 5.74) is 1.54. The fourth-order valence-electron chi connectivity index (χ4n) is 2.09. The van der Waals surface area contributed by atoms with E-state index in [9.17, 15) is 0 Å². The fraction of sp³-hybridized carbons (Fsp3) is 0.714. The number of nitrogens with zero attached hydrogens (tertiary/aromatic N) is 2. The molecule has 0 unspecified atom stereocenters. The van der Waals surface area contributed by atoms with Crippen LogP contribution in [0.3, 0.4) is 0 Å². The normalized spacial score (nSPS) is 16.4. The van der Waals surface area contributed by atoms with E-state index in [0.29, 0.717) is 5.41 Å². The third-order valence-corrected chi connectivity index (χ3v) is 3.74. The van der Waals surface area contributed by atoms with Crippen LogP contribution in [-0.2, 0) is 0 Å². The van der Waals surface area contributed by atoms with Crippen LogP contribution in [0.2, 0.25) is 0 Å². The van der Waals surface area contributed by atoms with Crippen molar-refractivity contribution in [3.8, 4) is 0 Å². The van der Waals surface area contributed by atoms with Crippen LogP contribution >= 0.6 is 0 Å². The molecule has 0 bridgehead atoms. The van der Waals surface area contributed by atoms with Crippen LogP contribution in [0.1, 0.15) is 45.2 Å². The molecule has 100 valence electrons. The van der Waals surface area contributed by atoms with E-state index >= 15 is 0 Å². The Kier molecular flexibility index (Phi) is 4.04. The zero-order valence-electron chi connectivity index (χ0n) is 11.7. The van der Waals surface area contributed by atoms with Gasteiger partial charge in [0.2, 0.25) is 5.95 Å². The van der Waals surface area contributed by atoms with Crippen molar-refractivity contribution in [2.75, 3.05) is 23.7 Å². The number of hydrogen-bond donors (Lipinski definition) is 2. The van der Waals surface area contributed by atoms with Gasteiger partial charge in [-0.2, -0.15) is 4.98 Å². The molecule has 0 radical (unpaired) electrons. The first-order valence-corrected chi connectivity index (χ1v) is 7.01. The van der Waals surface area contributed by atoms with Gasteiger partial charge in [0.1, 0.15) is 5.82 Å². The van der Waals surface area contributed by atoms with Gasteiger partial charge in [0.15, 0.2) is 0 Å². The molecule has 2 N–H and O–H groups in total. The Labute approximate surface area is 110 Å². The van der Waals surface area contributed by atoms with Crippen molar-refractivity contribution in [3.05, 3.63) is 11.8 Å². The van der Waals surface area contributed by atoms with Gasteiger partial charge in [-0.15, -0.1) is 0 Å². The molecule has 4 nitrogen and oxygen atoms in total. The van der Waals surface area contributed by atoms with Crippen molar-refractivity contribution in [2.24, 2.45) is 5.41 Å². The summed E-state index contributed by atoms with van der Waals surface area (Å²) in [4.78, 5) is 8.89. The first-order valence-electron chi connectivity index (χ1n) is 7.01. The molecule has 2 rings (SSSR count). The largest absolute Gasteiger partial charge is 0.369 e. The van der Waals surface area contributed by atoms with Crippen LogP contribution < -0.4 is 10.6 Å². The number of aryl methyl sites for hydroxylation is 1. The molecule has 1 aliphatic carbocycles. The van der Waals surface area contributed by atoms with Gasteiger partial charge in [-0.3, -0.25) is 0 Å². The van der Waals surface area contributed by atoms with Gasteiger partial charge in [0, 0.05) is 24.8 Å². The maximum Gasteiger partial charge on any atom is 0.224 e. The Balaban J connectivity index is 1.96. The summed E-state index contributed by atoms with van der Waals surface area (Å²) >= 11 is 0. The molecule has 1 saturated carbocycles. The molecule has 1 fully saturated rings. The predicted octanol–water partition coefficient (Wildman–Crippen LogP) is 3.21. The third kappa shape index (κ3) is 3.34. The number of aromatic nitrogens is 2. The Morgan fingerprint density at radius 1 is 1.22 bits per heavy atom. The first-order chi connectivity index (χ1) is 8.67. The quantitative estimate of drug-likeness (QED) is 0.778. The third-order valence-electron chi connectivity index (χ3n) is 3.74. The summed E-state index contributed by atoms with van der Waals surface area (Å²) in [5, 5.41) is 6.70. The predicted molar refractivity (Wildman–Crippen MR) is 76.0 cm³/mol. The van der Waals surface area contributed by atoms with Crippen LogP contribution in [0, 0.1) is 12.3 Å². The van der Waals surface area contributed by atoms with Crippen molar-refractivity contribution in [2.45, 2.75) is 46.5 Å². The van der Waals surface area contributed by atoms with Crippen molar-refractivity contribution in [3.63, 3.8) is 0 Å². The number of hydrogen-bond acceptors (Lipinski definition) is 4. The van der Waals surface area contributed by atoms with E-state index in [1.54, 1.807) is 0 Å². The molecule has 4 heteroatoms. The standard InChI is InChI=1S/C14H24N4/c1-4-8-15-13-17-11(3)9-12(18-13)16-10-14(5-2)6-7-14/h9H,4-8,10H2,1-3H3,(H2,15,16,17,18). The van der Waals surface area contributed by atoms with Gasteiger partial charge >= 0.3 is 0 Å². The fourth-order valence-corrected chi connectivity index (χ4v) is 2.09. The van der Waals surface area contributed by atoms with E-state index in [-0.39, 0.29) is 0 Å². The lowest BCUT2D eigenvalue weighted by Gasteiger charge is -2.15. The van der Waals surface area contributed by atoms with E-state index in [4.69, 9.17) is 0 Å². The van der Waals surface area contributed by atoms with Crippen molar-refractivity contribution >= 4 is 11.8 Å². The van der Waals surface area contributed by atoms with Gasteiger partial charge in [-0.1, -0.05) is 13.8 Å². The zero-order chi connectivity index (χ0) is 13.0. The highest BCUT2D eigenvalue weighted by molar-refractivity contribution is 5.42. The summed E-state index contributed by atoms with van der Waals surface area (Å²) in [6.45, 7) is 8.37. The van der Waals surface area contributed by atoms with Crippen LogP contribution in [0.5, 0.6) is 0 Å². The Hall–Kier alpha value is -1.32. The second-order valence-corrected chi connectivity index (χ2v) is 5.35. The highest BCUT2D eigenvalue weighted by Crippen LogP contribution is 2.48. The lowest BCUT2D eigenvalue weighted by atomic mass is 10.0. The maximum atomic E-state index is 4.50. The molecular formula is C14H24N4. The van der Waals surface area contributed by atoms with Crippen molar-refractivity contribution in [1.82, 2.24) is 9.97 Å². The molecule has 1 aromatic heterocycles. The van der Waals surface area contributed by atoms with Crippen LogP contribution in [0.4, 0.5) is 11.8 Å². The molecule has 0 amide bonds. The van der Waals surface area contributed by atoms with Gasteiger partial charge in [0.25, 0.3) is 0 Å². The van der Waals surface area contributed by atoms with E-state index < -0.39 is 0 Å². The molecule has 18 heavy (non-hydrogen) atoms. The summed E-state index contributed by atoms with van der Waals surface area (Å²) in [6.07, 6.45) is 5.03. The summed E-state index contributed by atoms with van der Waals surface area (Å²) in [5.74, 6) is 1.68. The smallest absolute Gasteiger partial charge is 0.224 e. The number of nitrogens with one attached hydrogen (secondary N) is 2. The van der Waals surface area contributed by atoms with E-state index in [0.717, 1.165) is 37.0 Å². The maximum absolute atomic E-state index is 4.50. The topological polar surface area (TPSA) is 49.8 Å². The van der Waals surface area contributed by atoms with Gasteiger partial charge < -0.3 is 10.6 Å². The SMILES string of the molecule is CCCNc1nc(C)cc(NCC2(CC)CC2)n1. The molecule has 1 aromatic rings. The van der Waals surface area contributed by atoms with Crippen LogP contribution in [0.15, 0.2) is 6.07 Å². The van der Waals surface area contributed by atoms with E-state index in [1.807, 2.05) is 13.0 Å². The van der Waals surface area contributed by atoms with E-state index in [1.165, 1.54) is 19.3 Å². The molecule has 0 aliphatic heterocycles. The van der Waals surface area contributed by atoms with E-state index in [2.05, 4.69) is 34.4 Å². The monoisotopic (exact) mass is 248 g/mol. The summed E-state index contributed by atoms with van der Waals surface area (Å²) < 4.78 is 0. The second-order valence-electron chi connectivity index (χ2n) is 5.35. The van der Waals surface area contributed by atoms with Crippen LogP contribution in [-0.4, -0.2) is 23.1 Å². The molecule has 0 spiro atoms. The average Bonchev–Trinajstić information content (AvgIpc) is 3.14. The summed E-state index contributed by atoms with van der Waals surface area (Å²) in [6, 6.07) is 2.02. The first kappa shape index (κ1) is 13.1. The minimum absolute atomic E-state index is 0.538. The highest BCUT2D eigenvalue weighted by Gasteiger charge is 2.40. The Morgan fingerprint density at radius 2 is 2.00 bits per heavy atom. The molecule has 0 atom stereocenters.